The van der Waals surface area contributed by atoms with Crippen LogP contribution in [0.4, 0.5) is 0 Å². The zero-order chi connectivity index (χ0) is 13.4. The van der Waals surface area contributed by atoms with E-state index in [4.69, 9.17) is 10.5 Å². The molecule has 0 spiro atoms. The summed E-state index contributed by atoms with van der Waals surface area (Å²) in [5, 5.41) is 0. The third-order valence-corrected chi connectivity index (χ3v) is 3.51. The van der Waals surface area contributed by atoms with Crippen LogP contribution in [0.15, 0.2) is 0 Å². The fraction of sp³-hybridized carbons (Fsp3) is 0.923. The molecule has 0 bridgehead atoms. The summed E-state index contributed by atoms with van der Waals surface area (Å²) in [7, 11) is 0. The smallest absolute Gasteiger partial charge is 0.222 e. The Balaban J connectivity index is 2.19. The van der Waals surface area contributed by atoms with Crippen molar-refractivity contribution in [3.63, 3.8) is 0 Å². The minimum atomic E-state index is 0.259. The van der Waals surface area contributed by atoms with Crippen LogP contribution in [0, 0.1) is 0 Å². The molecule has 0 aromatic rings. The first-order chi connectivity index (χ1) is 8.69. The van der Waals surface area contributed by atoms with Gasteiger partial charge in [0.15, 0.2) is 0 Å². The third kappa shape index (κ3) is 4.92. The largest absolute Gasteiger partial charge is 0.382 e. The first-order valence-corrected chi connectivity index (χ1v) is 6.98. The second-order valence-corrected chi connectivity index (χ2v) is 4.80. The summed E-state index contributed by atoms with van der Waals surface area (Å²) in [6, 6.07) is 0.417. The average molecular weight is 257 g/mol. The molecule has 1 rings (SSSR count). The predicted molar refractivity (Wildman–Crippen MR) is 72.4 cm³/mol. The first-order valence-electron chi connectivity index (χ1n) is 6.98. The molecule has 18 heavy (non-hydrogen) atoms. The topological polar surface area (TPSA) is 58.8 Å². The highest BCUT2D eigenvalue weighted by Crippen LogP contribution is 2.07. The fourth-order valence-corrected chi connectivity index (χ4v) is 2.19. The van der Waals surface area contributed by atoms with E-state index in [-0.39, 0.29) is 5.91 Å². The van der Waals surface area contributed by atoms with E-state index >= 15 is 0 Å². The maximum absolute atomic E-state index is 11.9. The Bertz CT molecular complexity index is 240. The van der Waals surface area contributed by atoms with Crippen molar-refractivity contribution < 1.29 is 9.53 Å². The van der Waals surface area contributed by atoms with Gasteiger partial charge in [-0.1, -0.05) is 0 Å². The molecule has 0 saturated carbocycles. The molecule has 1 amide bonds. The lowest BCUT2D eigenvalue weighted by atomic mass is 10.2. The standard InChI is InChI=1S/C13H27N3O2/c1-3-18-10-4-5-13(17)16-8-6-15(7-9-16)12(2)11-14/h12H,3-11,14H2,1-2H3. The number of rotatable bonds is 7. The van der Waals surface area contributed by atoms with Crippen molar-refractivity contribution in [1.82, 2.24) is 9.80 Å². The summed E-state index contributed by atoms with van der Waals surface area (Å²) < 4.78 is 5.24. The highest BCUT2D eigenvalue weighted by molar-refractivity contribution is 5.76. The highest BCUT2D eigenvalue weighted by Gasteiger charge is 2.22. The lowest BCUT2D eigenvalue weighted by Gasteiger charge is -2.37. The number of nitrogens with zero attached hydrogens (tertiary/aromatic N) is 2. The number of nitrogens with two attached hydrogens (primary N) is 1. The Morgan fingerprint density at radius 3 is 2.56 bits per heavy atom. The second kappa shape index (κ2) is 8.45. The van der Waals surface area contributed by atoms with Gasteiger partial charge in [-0.2, -0.15) is 0 Å². The number of carbonyl (C=O) groups excluding carboxylic acids is 1. The van der Waals surface area contributed by atoms with Gasteiger partial charge >= 0.3 is 0 Å². The Hall–Kier alpha value is -0.650. The van der Waals surface area contributed by atoms with Gasteiger partial charge in [-0.15, -0.1) is 0 Å². The van der Waals surface area contributed by atoms with E-state index in [0.717, 1.165) is 39.2 Å². The van der Waals surface area contributed by atoms with Crippen LogP contribution in [-0.2, 0) is 9.53 Å². The maximum atomic E-state index is 11.9. The zero-order valence-electron chi connectivity index (χ0n) is 11.7. The molecule has 1 fully saturated rings. The molecular formula is C13H27N3O2. The van der Waals surface area contributed by atoms with Crippen molar-refractivity contribution in [2.75, 3.05) is 45.9 Å². The molecule has 1 atom stereocenters. The summed E-state index contributed by atoms with van der Waals surface area (Å²) in [6.07, 6.45) is 1.43. The molecule has 0 radical (unpaired) electrons. The summed E-state index contributed by atoms with van der Waals surface area (Å²) in [5.74, 6) is 0.259. The van der Waals surface area contributed by atoms with Crippen molar-refractivity contribution >= 4 is 5.91 Å². The first kappa shape index (κ1) is 15.4. The van der Waals surface area contributed by atoms with Crippen LogP contribution in [0.5, 0.6) is 0 Å². The number of hydrogen-bond acceptors (Lipinski definition) is 4. The number of piperazine rings is 1. The second-order valence-electron chi connectivity index (χ2n) is 4.80. The Morgan fingerprint density at radius 1 is 1.33 bits per heavy atom. The monoisotopic (exact) mass is 257 g/mol. The number of hydrogen-bond donors (Lipinski definition) is 1. The van der Waals surface area contributed by atoms with Crippen LogP contribution < -0.4 is 5.73 Å². The molecular weight excluding hydrogens is 230 g/mol. The lowest BCUT2D eigenvalue weighted by Crippen LogP contribution is -2.52. The fourth-order valence-electron chi connectivity index (χ4n) is 2.19. The lowest BCUT2D eigenvalue weighted by molar-refractivity contribution is -0.133. The van der Waals surface area contributed by atoms with Gasteiger partial charge in [0, 0.05) is 58.4 Å². The zero-order valence-corrected chi connectivity index (χ0v) is 11.7. The molecule has 0 aliphatic carbocycles. The van der Waals surface area contributed by atoms with Gasteiger partial charge in [0.2, 0.25) is 5.91 Å². The SMILES string of the molecule is CCOCCCC(=O)N1CCN(C(C)CN)CC1. The van der Waals surface area contributed by atoms with E-state index in [1.165, 1.54) is 0 Å². The Kier molecular flexibility index (Phi) is 7.23. The van der Waals surface area contributed by atoms with Gasteiger partial charge in [0.05, 0.1) is 0 Å². The van der Waals surface area contributed by atoms with E-state index in [1.807, 2.05) is 11.8 Å². The number of amides is 1. The van der Waals surface area contributed by atoms with Gasteiger partial charge in [-0.25, -0.2) is 0 Å². The molecule has 1 unspecified atom stereocenters. The van der Waals surface area contributed by atoms with Crippen LogP contribution in [0.1, 0.15) is 26.7 Å². The van der Waals surface area contributed by atoms with E-state index in [0.29, 0.717) is 25.6 Å². The Labute approximate surface area is 110 Å². The van der Waals surface area contributed by atoms with E-state index < -0.39 is 0 Å². The molecule has 0 aromatic heterocycles. The minimum Gasteiger partial charge on any atom is -0.382 e. The number of carbonyl (C=O) groups is 1. The minimum absolute atomic E-state index is 0.259. The third-order valence-electron chi connectivity index (χ3n) is 3.51. The molecule has 2 N–H and O–H groups in total. The van der Waals surface area contributed by atoms with Gasteiger partial charge < -0.3 is 15.4 Å². The molecule has 5 heteroatoms. The van der Waals surface area contributed by atoms with E-state index in [1.54, 1.807) is 0 Å². The van der Waals surface area contributed by atoms with Crippen molar-refractivity contribution in [3.05, 3.63) is 0 Å². The average Bonchev–Trinajstić information content (AvgIpc) is 2.42. The summed E-state index contributed by atoms with van der Waals surface area (Å²) >= 11 is 0. The number of ether oxygens (including phenoxy) is 1. The molecule has 1 aliphatic heterocycles. The summed E-state index contributed by atoms with van der Waals surface area (Å²) in [4.78, 5) is 16.2. The van der Waals surface area contributed by atoms with Gasteiger partial charge in [0.25, 0.3) is 0 Å². The molecule has 106 valence electrons. The molecule has 5 nitrogen and oxygen atoms in total. The predicted octanol–water partition coefficient (Wildman–Crippen LogP) is 0.295. The van der Waals surface area contributed by atoms with E-state index in [9.17, 15) is 4.79 Å². The normalized spacial score (nSPS) is 18.9. The van der Waals surface area contributed by atoms with Gasteiger partial charge in [-0.3, -0.25) is 9.69 Å². The molecule has 1 aliphatic rings. The molecule has 1 heterocycles. The Morgan fingerprint density at radius 2 is 2.00 bits per heavy atom. The van der Waals surface area contributed by atoms with Crippen LogP contribution in [0.3, 0.4) is 0 Å². The van der Waals surface area contributed by atoms with E-state index in [2.05, 4.69) is 11.8 Å². The molecule has 1 saturated heterocycles. The van der Waals surface area contributed by atoms with Crippen molar-refractivity contribution in [2.45, 2.75) is 32.7 Å². The van der Waals surface area contributed by atoms with Crippen molar-refractivity contribution in [3.8, 4) is 0 Å². The van der Waals surface area contributed by atoms with Gasteiger partial charge in [0.1, 0.15) is 0 Å². The van der Waals surface area contributed by atoms with Crippen LogP contribution >= 0.6 is 0 Å². The van der Waals surface area contributed by atoms with Crippen LogP contribution in [0.2, 0.25) is 0 Å². The van der Waals surface area contributed by atoms with Crippen molar-refractivity contribution in [2.24, 2.45) is 5.73 Å². The van der Waals surface area contributed by atoms with Crippen molar-refractivity contribution in [1.29, 1.82) is 0 Å². The molecule has 0 aromatic carbocycles. The quantitative estimate of drug-likeness (QED) is 0.666. The highest BCUT2D eigenvalue weighted by atomic mass is 16.5. The van der Waals surface area contributed by atoms with Crippen LogP contribution in [0.25, 0.3) is 0 Å². The summed E-state index contributed by atoms with van der Waals surface area (Å²) in [5.41, 5.74) is 5.66. The van der Waals surface area contributed by atoms with Crippen LogP contribution in [-0.4, -0.2) is 67.7 Å². The maximum Gasteiger partial charge on any atom is 0.222 e. The van der Waals surface area contributed by atoms with Gasteiger partial charge in [-0.05, 0) is 20.3 Å². The summed E-state index contributed by atoms with van der Waals surface area (Å²) in [6.45, 7) is 9.75.